The van der Waals surface area contributed by atoms with Gasteiger partial charge in [0, 0.05) is 12.6 Å². The quantitative estimate of drug-likeness (QED) is 0.889. The predicted octanol–water partition coefficient (Wildman–Crippen LogP) is 2.40. The Bertz CT molecular complexity index is 361. The topological polar surface area (TPSA) is 38.5 Å². The number of nitrogens with zero attached hydrogens (tertiary/aromatic N) is 1. The molecule has 0 radical (unpaired) electrons. The molecule has 0 aromatic heterocycles. The zero-order valence-electron chi connectivity index (χ0n) is 11.4. The van der Waals surface area contributed by atoms with Crippen LogP contribution in [0, 0.1) is 0 Å². The highest BCUT2D eigenvalue weighted by Gasteiger charge is 2.28. The van der Waals surface area contributed by atoms with Crippen LogP contribution in [-0.2, 0) is 6.54 Å². The minimum Gasteiger partial charge on any atom is -0.489 e. The molecule has 3 heteroatoms. The molecule has 0 aliphatic heterocycles. The van der Waals surface area contributed by atoms with Crippen molar-refractivity contribution in [2.75, 3.05) is 14.1 Å². The molecule has 1 fully saturated rings. The van der Waals surface area contributed by atoms with Gasteiger partial charge in [-0.3, -0.25) is 0 Å². The average Bonchev–Trinajstić information content (AvgIpc) is 2.40. The van der Waals surface area contributed by atoms with E-state index in [4.69, 9.17) is 10.5 Å². The first kappa shape index (κ1) is 13.4. The third-order valence-electron chi connectivity index (χ3n) is 3.78. The van der Waals surface area contributed by atoms with Crippen molar-refractivity contribution in [2.24, 2.45) is 5.73 Å². The van der Waals surface area contributed by atoms with Crippen molar-refractivity contribution < 1.29 is 4.74 Å². The minimum absolute atomic E-state index is 0.317. The summed E-state index contributed by atoms with van der Waals surface area (Å²) in [4.78, 5) is 2.29. The van der Waals surface area contributed by atoms with Crippen LogP contribution in [0.5, 0.6) is 5.75 Å². The van der Waals surface area contributed by atoms with E-state index in [0.717, 1.165) is 17.7 Å². The van der Waals surface area contributed by atoms with Gasteiger partial charge in [-0.15, -0.1) is 0 Å². The van der Waals surface area contributed by atoms with E-state index in [1.165, 1.54) is 19.3 Å². The van der Waals surface area contributed by atoms with Gasteiger partial charge in [-0.1, -0.05) is 18.6 Å². The molecular weight excluding hydrogens is 224 g/mol. The molecular formula is C15H24N2O. The lowest BCUT2D eigenvalue weighted by atomic mass is 9.91. The van der Waals surface area contributed by atoms with Crippen LogP contribution in [0.4, 0.5) is 0 Å². The minimum atomic E-state index is 0.317. The second-order valence-corrected chi connectivity index (χ2v) is 5.32. The number of hydrogen-bond donors (Lipinski definition) is 1. The Labute approximate surface area is 110 Å². The zero-order valence-corrected chi connectivity index (χ0v) is 11.4. The summed E-state index contributed by atoms with van der Waals surface area (Å²) >= 11 is 0. The molecule has 1 saturated carbocycles. The third-order valence-corrected chi connectivity index (χ3v) is 3.78. The summed E-state index contributed by atoms with van der Waals surface area (Å²) in [5, 5.41) is 0. The molecule has 100 valence electrons. The summed E-state index contributed by atoms with van der Waals surface area (Å²) in [6, 6.07) is 8.69. The number of hydrogen-bond acceptors (Lipinski definition) is 3. The number of ether oxygens (including phenoxy) is 1. The lowest BCUT2D eigenvalue weighted by molar-refractivity contribution is 0.0622. The van der Waals surface area contributed by atoms with Crippen molar-refractivity contribution in [3.63, 3.8) is 0 Å². The Morgan fingerprint density at radius 1 is 1.17 bits per heavy atom. The number of nitrogens with two attached hydrogens (primary N) is 1. The lowest BCUT2D eigenvalue weighted by Gasteiger charge is -2.36. The molecule has 2 rings (SSSR count). The normalized spacial score (nSPS) is 24.2. The molecule has 0 bridgehead atoms. The monoisotopic (exact) mass is 248 g/mol. The van der Waals surface area contributed by atoms with Gasteiger partial charge in [0.25, 0.3) is 0 Å². The standard InChI is InChI=1S/C15H24N2O/c1-17(2)14-5-3-4-6-15(14)18-13-9-7-12(11-16)8-10-13/h7-10,14-15H,3-6,11,16H2,1-2H3. The van der Waals surface area contributed by atoms with Crippen molar-refractivity contribution in [1.82, 2.24) is 4.90 Å². The zero-order chi connectivity index (χ0) is 13.0. The molecule has 1 aromatic rings. The summed E-state index contributed by atoms with van der Waals surface area (Å²) in [5.41, 5.74) is 6.75. The Balaban J connectivity index is 2.01. The van der Waals surface area contributed by atoms with Gasteiger partial charge in [0.15, 0.2) is 0 Å². The number of rotatable bonds is 4. The molecule has 2 unspecified atom stereocenters. The maximum atomic E-state index is 6.15. The summed E-state index contributed by atoms with van der Waals surface area (Å²) in [5.74, 6) is 0.964. The highest BCUT2D eigenvalue weighted by atomic mass is 16.5. The van der Waals surface area contributed by atoms with E-state index >= 15 is 0 Å². The van der Waals surface area contributed by atoms with Crippen molar-refractivity contribution >= 4 is 0 Å². The van der Waals surface area contributed by atoms with Crippen molar-refractivity contribution in [1.29, 1.82) is 0 Å². The molecule has 0 spiro atoms. The lowest BCUT2D eigenvalue weighted by Crippen LogP contribution is -2.44. The van der Waals surface area contributed by atoms with Gasteiger partial charge in [-0.05, 0) is 51.1 Å². The Hall–Kier alpha value is -1.06. The highest BCUT2D eigenvalue weighted by Crippen LogP contribution is 2.26. The molecule has 1 aliphatic rings. The van der Waals surface area contributed by atoms with Crippen LogP contribution in [0.15, 0.2) is 24.3 Å². The summed E-state index contributed by atoms with van der Waals surface area (Å²) < 4.78 is 6.15. The average molecular weight is 248 g/mol. The summed E-state index contributed by atoms with van der Waals surface area (Å²) in [7, 11) is 4.29. The third kappa shape index (κ3) is 3.24. The van der Waals surface area contributed by atoms with Gasteiger partial charge in [-0.25, -0.2) is 0 Å². The predicted molar refractivity (Wildman–Crippen MR) is 74.7 cm³/mol. The molecule has 1 aliphatic carbocycles. The molecule has 18 heavy (non-hydrogen) atoms. The summed E-state index contributed by atoms with van der Waals surface area (Å²) in [6.45, 7) is 0.587. The fourth-order valence-electron chi connectivity index (χ4n) is 2.68. The van der Waals surface area contributed by atoms with Crippen LogP contribution in [-0.4, -0.2) is 31.1 Å². The SMILES string of the molecule is CN(C)C1CCCCC1Oc1ccc(CN)cc1. The maximum absolute atomic E-state index is 6.15. The van der Waals surface area contributed by atoms with Gasteiger partial charge >= 0.3 is 0 Å². The first-order chi connectivity index (χ1) is 8.70. The summed E-state index contributed by atoms with van der Waals surface area (Å²) in [6.07, 6.45) is 5.29. The maximum Gasteiger partial charge on any atom is 0.119 e. The Morgan fingerprint density at radius 2 is 1.83 bits per heavy atom. The van der Waals surface area contributed by atoms with Gasteiger partial charge in [0.1, 0.15) is 11.9 Å². The van der Waals surface area contributed by atoms with Crippen LogP contribution in [0.3, 0.4) is 0 Å². The van der Waals surface area contributed by atoms with E-state index < -0.39 is 0 Å². The molecule has 3 nitrogen and oxygen atoms in total. The van der Waals surface area contributed by atoms with Crippen LogP contribution in [0.25, 0.3) is 0 Å². The van der Waals surface area contributed by atoms with E-state index in [9.17, 15) is 0 Å². The van der Waals surface area contributed by atoms with Crippen molar-refractivity contribution in [2.45, 2.75) is 44.4 Å². The molecule has 0 heterocycles. The van der Waals surface area contributed by atoms with Crippen LogP contribution >= 0.6 is 0 Å². The second-order valence-electron chi connectivity index (χ2n) is 5.32. The van der Waals surface area contributed by atoms with E-state index in [0.29, 0.717) is 18.7 Å². The molecule has 1 aromatic carbocycles. The highest BCUT2D eigenvalue weighted by molar-refractivity contribution is 5.27. The molecule has 0 saturated heterocycles. The van der Waals surface area contributed by atoms with E-state index in [1.807, 2.05) is 24.3 Å². The van der Waals surface area contributed by atoms with Gasteiger partial charge < -0.3 is 15.4 Å². The van der Waals surface area contributed by atoms with Crippen LogP contribution < -0.4 is 10.5 Å². The van der Waals surface area contributed by atoms with E-state index in [1.54, 1.807) is 0 Å². The Kier molecular flexibility index (Phi) is 4.61. The first-order valence-corrected chi connectivity index (χ1v) is 6.83. The number of benzene rings is 1. The van der Waals surface area contributed by atoms with Crippen LogP contribution in [0.1, 0.15) is 31.2 Å². The molecule has 2 atom stereocenters. The van der Waals surface area contributed by atoms with Crippen molar-refractivity contribution in [3.8, 4) is 5.75 Å². The van der Waals surface area contributed by atoms with E-state index in [-0.39, 0.29) is 0 Å². The van der Waals surface area contributed by atoms with Crippen molar-refractivity contribution in [3.05, 3.63) is 29.8 Å². The smallest absolute Gasteiger partial charge is 0.119 e. The van der Waals surface area contributed by atoms with Gasteiger partial charge in [-0.2, -0.15) is 0 Å². The molecule has 0 amide bonds. The fourth-order valence-corrected chi connectivity index (χ4v) is 2.68. The number of likely N-dealkylation sites (N-methyl/N-ethyl adjacent to an activating group) is 1. The van der Waals surface area contributed by atoms with E-state index in [2.05, 4.69) is 19.0 Å². The first-order valence-electron chi connectivity index (χ1n) is 6.83. The van der Waals surface area contributed by atoms with Gasteiger partial charge in [0.05, 0.1) is 0 Å². The Morgan fingerprint density at radius 3 is 2.44 bits per heavy atom. The largest absolute Gasteiger partial charge is 0.489 e. The van der Waals surface area contributed by atoms with Crippen LogP contribution in [0.2, 0.25) is 0 Å². The second kappa shape index (κ2) is 6.21. The van der Waals surface area contributed by atoms with Gasteiger partial charge in [0.2, 0.25) is 0 Å². The molecule has 2 N–H and O–H groups in total. The fraction of sp³-hybridized carbons (Fsp3) is 0.600.